The number of thiophene rings is 1. The lowest BCUT2D eigenvalue weighted by atomic mass is 10.4. The Hall–Kier alpha value is -1.99. The number of imidazole rings is 1. The average molecular weight is 289 g/mol. The van der Waals surface area contributed by atoms with Crippen molar-refractivity contribution in [3.05, 3.63) is 45.3 Å². The van der Waals surface area contributed by atoms with Gasteiger partial charge in [0.25, 0.3) is 5.56 Å². The van der Waals surface area contributed by atoms with Crippen LogP contribution in [0.5, 0.6) is 0 Å². The molecule has 3 rings (SSSR count). The Balaban J connectivity index is 1.76. The molecule has 0 spiro atoms. The Labute approximate surface area is 119 Å². The van der Waals surface area contributed by atoms with Gasteiger partial charge in [-0.15, -0.1) is 11.3 Å². The second-order valence-electron chi connectivity index (χ2n) is 4.81. The number of nitrogens with one attached hydrogen (secondary N) is 2. The molecular formula is C13H15N5OS. The van der Waals surface area contributed by atoms with Gasteiger partial charge in [-0.3, -0.25) is 9.69 Å². The highest BCUT2D eigenvalue weighted by Gasteiger charge is 2.08. The minimum Gasteiger partial charge on any atom is -0.345 e. The number of H-pyrrole nitrogens is 2. The van der Waals surface area contributed by atoms with Crippen molar-refractivity contribution in [3.63, 3.8) is 0 Å². The number of hydrogen-bond acceptors (Lipinski definition) is 5. The molecule has 3 heterocycles. The highest BCUT2D eigenvalue weighted by atomic mass is 32.1. The maximum atomic E-state index is 11.9. The number of rotatable bonds is 4. The normalized spacial score (nSPS) is 11.6. The van der Waals surface area contributed by atoms with Crippen LogP contribution in [-0.4, -0.2) is 31.9 Å². The highest BCUT2D eigenvalue weighted by molar-refractivity contribution is 7.17. The van der Waals surface area contributed by atoms with Crippen molar-refractivity contribution in [2.75, 3.05) is 7.05 Å². The van der Waals surface area contributed by atoms with Crippen LogP contribution in [0, 0.1) is 6.92 Å². The van der Waals surface area contributed by atoms with Gasteiger partial charge in [0.05, 0.1) is 12.1 Å². The van der Waals surface area contributed by atoms with Crippen LogP contribution in [0.25, 0.3) is 10.2 Å². The summed E-state index contributed by atoms with van der Waals surface area (Å²) >= 11 is 1.41. The Morgan fingerprint density at radius 3 is 2.95 bits per heavy atom. The SMILES string of the molecule is Cc1ncc(CN(C)Cc2nc3ccsc3c(=O)[nH]2)[nH]1. The molecule has 0 saturated heterocycles. The molecule has 6 nitrogen and oxygen atoms in total. The van der Waals surface area contributed by atoms with Gasteiger partial charge in [-0.05, 0) is 25.4 Å². The fourth-order valence-electron chi connectivity index (χ4n) is 2.15. The molecule has 0 bridgehead atoms. The van der Waals surface area contributed by atoms with Crippen molar-refractivity contribution in [2.45, 2.75) is 20.0 Å². The summed E-state index contributed by atoms with van der Waals surface area (Å²) in [6.45, 7) is 3.23. The fourth-order valence-corrected chi connectivity index (χ4v) is 2.88. The number of aromatic nitrogens is 4. The highest BCUT2D eigenvalue weighted by Crippen LogP contribution is 2.14. The van der Waals surface area contributed by atoms with E-state index in [0.717, 1.165) is 23.6 Å². The summed E-state index contributed by atoms with van der Waals surface area (Å²) < 4.78 is 0.681. The molecule has 3 aromatic rings. The predicted molar refractivity (Wildman–Crippen MR) is 78.7 cm³/mol. The number of aromatic amines is 2. The monoisotopic (exact) mass is 289 g/mol. The second kappa shape index (κ2) is 5.18. The lowest BCUT2D eigenvalue weighted by Crippen LogP contribution is -2.21. The largest absolute Gasteiger partial charge is 0.345 e. The topological polar surface area (TPSA) is 77.7 Å². The molecule has 0 aliphatic heterocycles. The van der Waals surface area contributed by atoms with Gasteiger partial charge < -0.3 is 9.97 Å². The average Bonchev–Trinajstić information content (AvgIpc) is 2.98. The van der Waals surface area contributed by atoms with Crippen molar-refractivity contribution in [1.29, 1.82) is 0 Å². The van der Waals surface area contributed by atoms with Gasteiger partial charge in [0.1, 0.15) is 16.3 Å². The van der Waals surface area contributed by atoms with Crippen molar-refractivity contribution in [2.24, 2.45) is 0 Å². The van der Waals surface area contributed by atoms with Crippen molar-refractivity contribution < 1.29 is 0 Å². The van der Waals surface area contributed by atoms with Crippen LogP contribution in [-0.2, 0) is 13.1 Å². The first-order chi connectivity index (χ1) is 9.61. The third-order valence-corrected chi connectivity index (χ3v) is 3.88. The van der Waals surface area contributed by atoms with Crippen molar-refractivity contribution in [1.82, 2.24) is 24.8 Å². The van der Waals surface area contributed by atoms with Gasteiger partial charge in [-0.1, -0.05) is 0 Å². The van der Waals surface area contributed by atoms with Gasteiger partial charge in [-0.25, -0.2) is 9.97 Å². The zero-order valence-corrected chi connectivity index (χ0v) is 12.1. The molecule has 2 N–H and O–H groups in total. The van der Waals surface area contributed by atoms with E-state index in [1.165, 1.54) is 11.3 Å². The molecule has 0 atom stereocenters. The quantitative estimate of drug-likeness (QED) is 0.765. The molecule has 20 heavy (non-hydrogen) atoms. The summed E-state index contributed by atoms with van der Waals surface area (Å²) in [5, 5.41) is 1.88. The van der Waals surface area contributed by atoms with Gasteiger partial charge >= 0.3 is 0 Å². The van der Waals surface area contributed by atoms with Crippen LogP contribution in [0.4, 0.5) is 0 Å². The van der Waals surface area contributed by atoms with Crippen molar-refractivity contribution in [3.8, 4) is 0 Å². The maximum Gasteiger partial charge on any atom is 0.268 e. The summed E-state index contributed by atoms with van der Waals surface area (Å²) in [7, 11) is 1.98. The van der Waals surface area contributed by atoms with E-state index in [0.29, 0.717) is 17.1 Å². The predicted octanol–water partition coefficient (Wildman–Crippen LogP) is 1.65. The van der Waals surface area contributed by atoms with Crippen LogP contribution < -0.4 is 5.56 Å². The second-order valence-corrected chi connectivity index (χ2v) is 5.73. The zero-order chi connectivity index (χ0) is 14.1. The third-order valence-electron chi connectivity index (χ3n) is 2.98. The fraction of sp³-hybridized carbons (Fsp3) is 0.308. The molecule has 0 unspecified atom stereocenters. The van der Waals surface area contributed by atoms with Gasteiger partial charge in [-0.2, -0.15) is 0 Å². The van der Waals surface area contributed by atoms with Gasteiger partial charge in [0.2, 0.25) is 0 Å². The summed E-state index contributed by atoms with van der Waals surface area (Å²) in [5.74, 6) is 1.58. The zero-order valence-electron chi connectivity index (χ0n) is 11.3. The van der Waals surface area contributed by atoms with E-state index in [4.69, 9.17) is 0 Å². The van der Waals surface area contributed by atoms with Crippen LogP contribution in [0.1, 0.15) is 17.3 Å². The van der Waals surface area contributed by atoms with E-state index < -0.39 is 0 Å². The summed E-state index contributed by atoms with van der Waals surface area (Å²) in [6, 6.07) is 1.87. The Morgan fingerprint density at radius 1 is 1.35 bits per heavy atom. The van der Waals surface area contributed by atoms with Crippen LogP contribution in [0.15, 0.2) is 22.4 Å². The molecule has 7 heteroatoms. The molecule has 0 radical (unpaired) electrons. The third kappa shape index (κ3) is 2.63. The van der Waals surface area contributed by atoms with E-state index in [-0.39, 0.29) is 5.56 Å². The minimum absolute atomic E-state index is 0.0641. The first kappa shape index (κ1) is 13.0. The Morgan fingerprint density at radius 2 is 2.20 bits per heavy atom. The van der Waals surface area contributed by atoms with E-state index in [1.807, 2.05) is 31.6 Å². The van der Waals surface area contributed by atoms with Crippen LogP contribution in [0.3, 0.4) is 0 Å². The smallest absolute Gasteiger partial charge is 0.268 e. The maximum absolute atomic E-state index is 11.9. The standard InChI is InChI=1S/C13H15N5OS/c1-8-14-5-9(15-8)6-18(2)7-11-16-10-3-4-20-12(10)13(19)17-11/h3-5H,6-7H2,1-2H3,(H,14,15)(H,16,17,19). The minimum atomic E-state index is -0.0641. The molecule has 3 aromatic heterocycles. The molecule has 0 saturated carbocycles. The van der Waals surface area contributed by atoms with Gasteiger partial charge in [0, 0.05) is 18.4 Å². The first-order valence-electron chi connectivity index (χ1n) is 6.27. The molecule has 104 valence electrons. The van der Waals surface area contributed by atoms with E-state index in [9.17, 15) is 4.79 Å². The lowest BCUT2D eigenvalue weighted by molar-refractivity contribution is 0.307. The number of aryl methyl sites for hydroxylation is 1. The molecule has 0 aliphatic rings. The summed E-state index contributed by atoms with van der Waals surface area (Å²) in [5.41, 5.74) is 1.74. The Bertz CT molecular complexity index is 787. The first-order valence-corrected chi connectivity index (χ1v) is 7.15. The summed E-state index contributed by atoms with van der Waals surface area (Å²) in [4.78, 5) is 28.6. The van der Waals surface area contributed by atoms with E-state index in [2.05, 4.69) is 24.8 Å². The number of fused-ring (bicyclic) bond motifs is 1. The Kier molecular flexibility index (Phi) is 3.37. The molecule has 0 aliphatic carbocycles. The van der Waals surface area contributed by atoms with Crippen molar-refractivity contribution >= 4 is 21.6 Å². The molecule has 0 amide bonds. The van der Waals surface area contributed by atoms with Gasteiger partial charge in [0.15, 0.2) is 0 Å². The number of hydrogen-bond donors (Lipinski definition) is 2. The van der Waals surface area contributed by atoms with E-state index >= 15 is 0 Å². The molecular weight excluding hydrogens is 274 g/mol. The lowest BCUT2D eigenvalue weighted by Gasteiger charge is -2.14. The summed E-state index contributed by atoms with van der Waals surface area (Å²) in [6.07, 6.45) is 1.82. The molecule has 0 aromatic carbocycles. The molecule has 0 fully saturated rings. The van der Waals surface area contributed by atoms with Crippen LogP contribution >= 0.6 is 11.3 Å². The van der Waals surface area contributed by atoms with E-state index in [1.54, 1.807) is 0 Å². The number of nitrogens with zero attached hydrogens (tertiary/aromatic N) is 3. The van der Waals surface area contributed by atoms with Crippen LogP contribution in [0.2, 0.25) is 0 Å².